The predicted molar refractivity (Wildman–Crippen MR) is 66.4 cm³/mol. The molecule has 1 rings (SSSR count). The van der Waals surface area contributed by atoms with Crippen LogP contribution in [0.2, 0.25) is 0 Å². The highest BCUT2D eigenvalue weighted by molar-refractivity contribution is 5.75. The Morgan fingerprint density at radius 2 is 2.10 bits per heavy atom. The van der Waals surface area contributed by atoms with Crippen LogP contribution in [0, 0.1) is 6.92 Å². The molecule has 0 aromatic carbocycles. The van der Waals surface area contributed by atoms with Crippen molar-refractivity contribution in [3.05, 3.63) is 23.7 Å². The number of ether oxygens (including phenoxy) is 1. The summed E-state index contributed by atoms with van der Waals surface area (Å²) in [5.74, 6) is -0.209. The molecular formula is C13H18F3NO3. The number of aryl methyl sites for hydroxylation is 1. The van der Waals surface area contributed by atoms with E-state index in [-0.39, 0.29) is 19.1 Å². The van der Waals surface area contributed by atoms with Crippen LogP contribution in [0.1, 0.15) is 30.8 Å². The van der Waals surface area contributed by atoms with E-state index in [1.807, 2.05) is 26.0 Å². The van der Waals surface area contributed by atoms with Crippen LogP contribution in [-0.2, 0) is 9.53 Å². The number of hydrogen-bond acceptors (Lipinski definition) is 4. The van der Waals surface area contributed by atoms with Crippen molar-refractivity contribution in [3.63, 3.8) is 0 Å². The summed E-state index contributed by atoms with van der Waals surface area (Å²) in [7, 11) is 0. The fourth-order valence-corrected chi connectivity index (χ4v) is 1.60. The van der Waals surface area contributed by atoms with Gasteiger partial charge in [0.15, 0.2) is 0 Å². The van der Waals surface area contributed by atoms with Crippen LogP contribution in [0.15, 0.2) is 16.5 Å². The summed E-state index contributed by atoms with van der Waals surface area (Å²) in [6.45, 7) is 4.36. The minimum Gasteiger partial charge on any atom is -0.466 e. The molecule has 0 aliphatic heterocycles. The zero-order valence-corrected chi connectivity index (χ0v) is 11.4. The van der Waals surface area contributed by atoms with E-state index in [1.165, 1.54) is 0 Å². The third-order valence-corrected chi connectivity index (χ3v) is 2.74. The fourth-order valence-electron chi connectivity index (χ4n) is 1.60. The van der Waals surface area contributed by atoms with Crippen molar-refractivity contribution in [2.24, 2.45) is 0 Å². The standard InChI is InChI=1S/C13H18F3NO3/c1-9(11-4-3-10(2)20-11)5-6-17-7-8-19-12(18)13(14,15)16/h3-4,9,17H,5-8H2,1-2H3. The van der Waals surface area contributed by atoms with Gasteiger partial charge in [0.1, 0.15) is 18.1 Å². The van der Waals surface area contributed by atoms with Crippen LogP contribution in [-0.4, -0.2) is 31.8 Å². The second kappa shape index (κ2) is 7.33. The largest absolute Gasteiger partial charge is 0.490 e. The van der Waals surface area contributed by atoms with Crippen molar-refractivity contribution in [2.45, 2.75) is 32.4 Å². The molecule has 0 aliphatic rings. The fraction of sp³-hybridized carbons (Fsp3) is 0.615. The zero-order chi connectivity index (χ0) is 15.2. The molecule has 114 valence electrons. The van der Waals surface area contributed by atoms with E-state index in [9.17, 15) is 18.0 Å². The molecular weight excluding hydrogens is 275 g/mol. The van der Waals surface area contributed by atoms with E-state index >= 15 is 0 Å². The number of alkyl halides is 3. The van der Waals surface area contributed by atoms with Gasteiger partial charge in [-0.15, -0.1) is 0 Å². The van der Waals surface area contributed by atoms with Gasteiger partial charge in [0.2, 0.25) is 0 Å². The molecule has 0 saturated heterocycles. The van der Waals surface area contributed by atoms with Gasteiger partial charge in [0.05, 0.1) is 0 Å². The van der Waals surface area contributed by atoms with Crippen molar-refractivity contribution in [3.8, 4) is 0 Å². The van der Waals surface area contributed by atoms with Crippen LogP contribution < -0.4 is 5.32 Å². The summed E-state index contributed by atoms with van der Waals surface area (Å²) in [5, 5.41) is 2.91. The van der Waals surface area contributed by atoms with Crippen molar-refractivity contribution >= 4 is 5.97 Å². The Hall–Kier alpha value is -1.50. The van der Waals surface area contributed by atoms with E-state index in [0.29, 0.717) is 6.54 Å². The summed E-state index contributed by atoms with van der Waals surface area (Å²) in [4.78, 5) is 10.4. The number of hydrogen-bond donors (Lipinski definition) is 1. The van der Waals surface area contributed by atoms with Crippen LogP contribution in [0.5, 0.6) is 0 Å². The molecule has 1 atom stereocenters. The second-order valence-corrected chi connectivity index (χ2v) is 4.52. The van der Waals surface area contributed by atoms with Crippen LogP contribution in [0.25, 0.3) is 0 Å². The first-order chi connectivity index (χ1) is 9.30. The highest BCUT2D eigenvalue weighted by Crippen LogP contribution is 2.20. The third kappa shape index (κ3) is 5.64. The number of rotatable bonds is 7. The van der Waals surface area contributed by atoms with E-state index < -0.39 is 12.1 Å². The Morgan fingerprint density at radius 1 is 1.40 bits per heavy atom. The number of carbonyl (C=O) groups excluding carboxylic acids is 1. The molecule has 0 spiro atoms. The summed E-state index contributed by atoms with van der Waals surface area (Å²) in [6, 6.07) is 3.79. The van der Waals surface area contributed by atoms with Gasteiger partial charge in [-0.1, -0.05) is 6.92 Å². The Kier molecular flexibility index (Phi) is 6.06. The maximum Gasteiger partial charge on any atom is 0.490 e. The zero-order valence-electron chi connectivity index (χ0n) is 11.4. The molecule has 1 aromatic heterocycles. The van der Waals surface area contributed by atoms with Gasteiger partial charge >= 0.3 is 12.1 Å². The SMILES string of the molecule is Cc1ccc(C(C)CCNCCOC(=O)C(F)(F)F)o1. The lowest BCUT2D eigenvalue weighted by Crippen LogP contribution is -2.29. The van der Waals surface area contributed by atoms with Gasteiger partial charge in [0, 0.05) is 12.5 Å². The topological polar surface area (TPSA) is 51.5 Å². The molecule has 1 unspecified atom stereocenters. The molecule has 0 fully saturated rings. The summed E-state index contributed by atoms with van der Waals surface area (Å²) >= 11 is 0. The van der Waals surface area contributed by atoms with Gasteiger partial charge < -0.3 is 14.5 Å². The van der Waals surface area contributed by atoms with Crippen molar-refractivity contribution in [1.29, 1.82) is 0 Å². The first-order valence-electron chi connectivity index (χ1n) is 6.31. The Bertz CT molecular complexity index is 429. The average Bonchev–Trinajstić information content (AvgIpc) is 2.78. The minimum absolute atomic E-state index is 0.186. The lowest BCUT2D eigenvalue weighted by Gasteiger charge is -2.10. The molecule has 0 bridgehead atoms. The average molecular weight is 293 g/mol. The number of esters is 1. The monoisotopic (exact) mass is 293 g/mol. The van der Waals surface area contributed by atoms with E-state index in [0.717, 1.165) is 17.9 Å². The van der Waals surface area contributed by atoms with Crippen LogP contribution >= 0.6 is 0 Å². The Balaban J connectivity index is 2.09. The first kappa shape index (κ1) is 16.6. The van der Waals surface area contributed by atoms with Crippen molar-refractivity contribution < 1.29 is 27.1 Å². The quantitative estimate of drug-likeness (QED) is 0.620. The van der Waals surface area contributed by atoms with Gasteiger partial charge in [-0.2, -0.15) is 13.2 Å². The second-order valence-electron chi connectivity index (χ2n) is 4.52. The molecule has 1 aromatic rings. The van der Waals surface area contributed by atoms with E-state index in [2.05, 4.69) is 10.1 Å². The third-order valence-electron chi connectivity index (χ3n) is 2.74. The van der Waals surface area contributed by atoms with Gasteiger partial charge in [-0.05, 0) is 32.0 Å². The van der Waals surface area contributed by atoms with Gasteiger partial charge in [-0.25, -0.2) is 4.79 Å². The summed E-state index contributed by atoms with van der Waals surface area (Å²) in [6.07, 6.45) is -4.15. The molecule has 0 saturated carbocycles. The number of halogens is 3. The highest BCUT2D eigenvalue weighted by atomic mass is 19.4. The van der Waals surface area contributed by atoms with Gasteiger partial charge in [0.25, 0.3) is 0 Å². The van der Waals surface area contributed by atoms with E-state index in [1.54, 1.807) is 0 Å². The Labute approximate surface area is 115 Å². The Morgan fingerprint density at radius 3 is 2.65 bits per heavy atom. The smallest absolute Gasteiger partial charge is 0.466 e. The highest BCUT2D eigenvalue weighted by Gasteiger charge is 2.40. The molecule has 1 heterocycles. The van der Waals surface area contributed by atoms with Crippen molar-refractivity contribution in [2.75, 3.05) is 19.7 Å². The normalized spacial score (nSPS) is 13.2. The lowest BCUT2D eigenvalue weighted by molar-refractivity contribution is -0.199. The lowest BCUT2D eigenvalue weighted by atomic mass is 10.1. The van der Waals surface area contributed by atoms with Crippen molar-refractivity contribution in [1.82, 2.24) is 5.32 Å². The first-order valence-corrected chi connectivity index (χ1v) is 6.31. The predicted octanol–water partition coefficient (Wildman–Crippen LogP) is 2.78. The summed E-state index contributed by atoms with van der Waals surface area (Å²) < 4.78 is 45.0. The molecule has 0 amide bonds. The van der Waals surface area contributed by atoms with Crippen LogP contribution in [0.3, 0.4) is 0 Å². The van der Waals surface area contributed by atoms with Gasteiger partial charge in [-0.3, -0.25) is 0 Å². The van der Waals surface area contributed by atoms with E-state index in [4.69, 9.17) is 4.42 Å². The molecule has 0 aliphatic carbocycles. The summed E-state index contributed by atoms with van der Waals surface area (Å²) in [5.41, 5.74) is 0. The molecule has 1 N–H and O–H groups in total. The number of nitrogens with one attached hydrogen (secondary N) is 1. The molecule has 7 heteroatoms. The molecule has 0 radical (unpaired) electrons. The number of furan rings is 1. The van der Waals surface area contributed by atoms with Crippen LogP contribution in [0.4, 0.5) is 13.2 Å². The molecule has 4 nitrogen and oxygen atoms in total. The molecule has 20 heavy (non-hydrogen) atoms. The number of carbonyl (C=O) groups is 1. The maximum absolute atomic E-state index is 11.8. The minimum atomic E-state index is -4.92. The maximum atomic E-state index is 11.8.